The van der Waals surface area contributed by atoms with Crippen molar-refractivity contribution in [1.82, 2.24) is 4.90 Å². The number of benzene rings is 2. The lowest BCUT2D eigenvalue weighted by Gasteiger charge is -2.22. The molecule has 0 aromatic heterocycles. The van der Waals surface area contributed by atoms with Gasteiger partial charge in [0.25, 0.3) is 5.91 Å². The van der Waals surface area contributed by atoms with Gasteiger partial charge in [0.2, 0.25) is 0 Å². The summed E-state index contributed by atoms with van der Waals surface area (Å²) in [5.41, 5.74) is 1.45. The second kappa shape index (κ2) is 7.57. The zero-order valence-corrected chi connectivity index (χ0v) is 13.6. The van der Waals surface area contributed by atoms with Crippen LogP contribution in [-0.4, -0.2) is 23.2 Å². The fourth-order valence-electron chi connectivity index (χ4n) is 1.99. The first-order valence-corrected chi connectivity index (χ1v) is 7.79. The lowest BCUT2D eigenvalue weighted by Crippen LogP contribution is -2.32. The number of hydrogen-bond donors (Lipinski definition) is 0. The summed E-state index contributed by atoms with van der Waals surface area (Å²) in [7, 11) is 0. The molecule has 1 amide bonds. The van der Waals surface area contributed by atoms with Gasteiger partial charge in [-0.25, -0.2) is 4.39 Å². The van der Waals surface area contributed by atoms with Gasteiger partial charge in [-0.1, -0.05) is 30.3 Å². The fraction of sp³-hybridized carbons (Fsp3) is 0.188. The molecule has 0 spiro atoms. The second-order valence-corrected chi connectivity index (χ2v) is 5.76. The molecule has 110 valence electrons. The summed E-state index contributed by atoms with van der Waals surface area (Å²) in [6, 6.07) is 13.7. The van der Waals surface area contributed by atoms with Crippen LogP contribution in [0.4, 0.5) is 4.39 Å². The smallest absolute Gasteiger partial charge is 0.255 e. The van der Waals surface area contributed by atoms with Crippen LogP contribution < -0.4 is 0 Å². The van der Waals surface area contributed by atoms with Crippen LogP contribution in [0.2, 0.25) is 0 Å². The highest BCUT2D eigenvalue weighted by Crippen LogP contribution is 2.20. The van der Waals surface area contributed by atoms with Crippen molar-refractivity contribution >= 4 is 33.4 Å². The Bertz CT molecular complexity index is 621. The molecule has 0 aliphatic heterocycles. The van der Waals surface area contributed by atoms with Gasteiger partial charge in [0.05, 0.1) is 5.56 Å². The van der Waals surface area contributed by atoms with Gasteiger partial charge in [0, 0.05) is 23.4 Å². The molecule has 0 N–H and O–H groups in total. The van der Waals surface area contributed by atoms with Crippen LogP contribution in [0.1, 0.15) is 15.9 Å². The second-order valence-electron chi connectivity index (χ2n) is 4.53. The van der Waals surface area contributed by atoms with E-state index in [1.165, 1.54) is 18.2 Å². The highest BCUT2D eigenvalue weighted by atomic mass is 79.9. The molecular formula is C16H14BrClFNO. The van der Waals surface area contributed by atoms with Crippen molar-refractivity contribution in [2.24, 2.45) is 0 Å². The summed E-state index contributed by atoms with van der Waals surface area (Å²) in [6.07, 6.45) is 0. The van der Waals surface area contributed by atoms with Crippen molar-refractivity contribution in [3.8, 4) is 0 Å². The van der Waals surface area contributed by atoms with E-state index >= 15 is 0 Å². The average Bonchev–Trinajstić information content (AvgIpc) is 2.47. The van der Waals surface area contributed by atoms with Crippen LogP contribution >= 0.6 is 27.5 Å². The molecule has 0 bridgehead atoms. The Morgan fingerprint density at radius 2 is 1.90 bits per heavy atom. The number of carbonyl (C=O) groups excluding carboxylic acids is 1. The third-order valence-electron chi connectivity index (χ3n) is 3.02. The minimum absolute atomic E-state index is 0.175. The average molecular weight is 371 g/mol. The maximum atomic E-state index is 13.1. The molecule has 0 radical (unpaired) electrons. The Balaban J connectivity index is 2.23. The van der Waals surface area contributed by atoms with Crippen molar-refractivity contribution in [3.05, 3.63) is 69.9 Å². The van der Waals surface area contributed by atoms with Gasteiger partial charge in [-0.2, -0.15) is 0 Å². The van der Waals surface area contributed by atoms with Gasteiger partial charge >= 0.3 is 0 Å². The lowest BCUT2D eigenvalue weighted by atomic mass is 10.1. The molecule has 21 heavy (non-hydrogen) atoms. The normalized spacial score (nSPS) is 10.4. The summed E-state index contributed by atoms with van der Waals surface area (Å²) in [5, 5.41) is 0. The van der Waals surface area contributed by atoms with Crippen molar-refractivity contribution in [2.45, 2.75) is 6.54 Å². The molecule has 0 aliphatic carbocycles. The number of nitrogens with zero attached hydrogens (tertiary/aromatic N) is 1. The summed E-state index contributed by atoms with van der Waals surface area (Å²) < 4.78 is 13.6. The van der Waals surface area contributed by atoms with Crippen molar-refractivity contribution in [1.29, 1.82) is 0 Å². The van der Waals surface area contributed by atoms with Crippen LogP contribution in [-0.2, 0) is 6.54 Å². The third-order valence-corrected chi connectivity index (χ3v) is 3.84. The summed E-state index contributed by atoms with van der Waals surface area (Å²) >= 11 is 9.03. The lowest BCUT2D eigenvalue weighted by molar-refractivity contribution is 0.0753. The van der Waals surface area contributed by atoms with Gasteiger partial charge in [0.1, 0.15) is 5.82 Å². The van der Waals surface area contributed by atoms with Crippen molar-refractivity contribution in [2.75, 3.05) is 12.4 Å². The number of hydrogen-bond acceptors (Lipinski definition) is 1. The summed E-state index contributed by atoms with van der Waals surface area (Å²) in [4.78, 5) is 14.2. The van der Waals surface area contributed by atoms with Crippen LogP contribution in [0.15, 0.2) is 53.0 Å². The molecule has 2 aromatic carbocycles. The van der Waals surface area contributed by atoms with E-state index in [0.29, 0.717) is 29.0 Å². The zero-order chi connectivity index (χ0) is 15.2. The standard InChI is InChI=1S/C16H14BrClFNO/c17-15-10-13(19)6-7-14(15)16(21)20(9-8-18)11-12-4-2-1-3-5-12/h1-7,10H,8-9,11H2. The van der Waals surface area contributed by atoms with Crippen LogP contribution in [0.25, 0.3) is 0 Å². The van der Waals surface area contributed by atoms with Gasteiger partial charge < -0.3 is 4.90 Å². The van der Waals surface area contributed by atoms with E-state index < -0.39 is 0 Å². The molecule has 0 saturated carbocycles. The van der Waals surface area contributed by atoms with Crippen molar-refractivity contribution in [3.63, 3.8) is 0 Å². The topological polar surface area (TPSA) is 20.3 Å². The minimum Gasteiger partial charge on any atom is -0.333 e. The molecule has 0 atom stereocenters. The summed E-state index contributed by atoms with van der Waals surface area (Å²) in [6.45, 7) is 0.898. The number of rotatable bonds is 5. The molecule has 2 nitrogen and oxygen atoms in total. The molecule has 0 heterocycles. The fourth-order valence-corrected chi connectivity index (χ4v) is 2.72. The predicted molar refractivity (Wildman–Crippen MR) is 86.0 cm³/mol. The number of halogens is 3. The van der Waals surface area contributed by atoms with Gasteiger partial charge in [0.15, 0.2) is 0 Å². The van der Waals surface area contributed by atoms with Crippen LogP contribution in [0.3, 0.4) is 0 Å². The van der Waals surface area contributed by atoms with E-state index in [1.807, 2.05) is 30.3 Å². The Morgan fingerprint density at radius 3 is 2.52 bits per heavy atom. The van der Waals surface area contributed by atoms with E-state index in [9.17, 15) is 9.18 Å². The SMILES string of the molecule is O=C(c1ccc(F)cc1Br)N(CCCl)Cc1ccccc1. The Morgan fingerprint density at radius 1 is 1.19 bits per heavy atom. The Labute approximate surface area is 136 Å². The van der Waals surface area contributed by atoms with E-state index in [0.717, 1.165) is 5.56 Å². The van der Waals surface area contributed by atoms with Gasteiger partial charge in [-0.3, -0.25) is 4.79 Å². The first kappa shape index (κ1) is 16.0. The maximum absolute atomic E-state index is 13.1. The Hall–Kier alpha value is -1.39. The first-order valence-electron chi connectivity index (χ1n) is 6.46. The highest BCUT2D eigenvalue weighted by molar-refractivity contribution is 9.10. The predicted octanol–water partition coefficient (Wildman–Crippen LogP) is 4.47. The largest absolute Gasteiger partial charge is 0.333 e. The van der Waals surface area contributed by atoms with Crippen LogP contribution in [0, 0.1) is 5.82 Å². The van der Waals surface area contributed by atoms with E-state index in [2.05, 4.69) is 15.9 Å². The maximum Gasteiger partial charge on any atom is 0.255 e. The molecular weight excluding hydrogens is 357 g/mol. The molecule has 2 rings (SSSR count). The molecule has 2 aromatic rings. The Kier molecular flexibility index (Phi) is 5.76. The zero-order valence-electron chi connectivity index (χ0n) is 11.2. The summed E-state index contributed by atoms with van der Waals surface area (Å²) in [5.74, 6) is -0.214. The molecule has 0 unspecified atom stereocenters. The van der Waals surface area contributed by atoms with Crippen LogP contribution in [0.5, 0.6) is 0 Å². The quantitative estimate of drug-likeness (QED) is 0.711. The number of carbonyl (C=O) groups is 1. The third kappa shape index (κ3) is 4.29. The monoisotopic (exact) mass is 369 g/mol. The van der Waals surface area contributed by atoms with Crippen molar-refractivity contribution < 1.29 is 9.18 Å². The van der Waals surface area contributed by atoms with E-state index in [1.54, 1.807) is 4.90 Å². The molecule has 0 saturated heterocycles. The minimum atomic E-state index is -0.384. The number of alkyl halides is 1. The van der Waals surface area contributed by atoms with E-state index in [-0.39, 0.29) is 11.7 Å². The number of amides is 1. The highest BCUT2D eigenvalue weighted by Gasteiger charge is 2.18. The molecule has 0 fully saturated rings. The first-order chi connectivity index (χ1) is 10.1. The van der Waals surface area contributed by atoms with Gasteiger partial charge in [-0.15, -0.1) is 11.6 Å². The van der Waals surface area contributed by atoms with Gasteiger partial charge in [-0.05, 0) is 39.7 Å². The molecule has 5 heteroatoms. The van der Waals surface area contributed by atoms with E-state index in [4.69, 9.17) is 11.6 Å². The molecule has 0 aliphatic rings.